The first-order chi connectivity index (χ1) is 7.50. The highest BCUT2D eigenvalue weighted by atomic mass is 32.1. The van der Waals surface area contributed by atoms with Gasteiger partial charge in [0.1, 0.15) is 6.29 Å². The minimum atomic E-state index is 0.407. The minimum Gasteiger partial charge on any atom is -0.303 e. The average Bonchev–Trinajstić information content (AvgIpc) is 2.57. The van der Waals surface area contributed by atoms with Gasteiger partial charge in [0.15, 0.2) is 0 Å². The fourth-order valence-electron chi connectivity index (χ4n) is 2.51. The molecule has 0 N–H and O–H groups in total. The molecule has 0 fully saturated rings. The molecule has 88 valence electrons. The molecule has 2 rings (SSSR count). The highest BCUT2D eigenvalue weighted by Gasteiger charge is 2.29. The molecule has 1 atom stereocenters. The van der Waals surface area contributed by atoms with E-state index in [1.807, 2.05) is 11.3 Å². The van der Waals surface area contributed by atoms with E-state index in [4.69, 9.17) is 0 Å². The van der Waals surface area contributed by atoms with Gasteiger partial charge in [-0.1, -0.05) is 20.8 Å². The predicted octanol–water partition coefficient (Wildman–Crippen LogP) is 3.64. The van der Waals surface area contributed by atoms with Gasteiger partial charge in [0, 0.05) is 16.2 Å². The molecule has 16 heavy (non-hydrogen) atoms. The van der Waals surface area contributed by atoms with Gasteiger partial charge in [-0.05, 0) is 42.2 Å². The smallest absolute Gasteiger partial charge is 0.125 e. The maximum Gasteiger partial charge on any atom is 0.125 e. The number of hydrogen-bond acceptors (Lipinski definition) is 2. The first-order valence-corrected chi connectivity index (χ1v) is 6.86. The van der Waals surface area contributed by atoms with E-state index in [2.05, 4.69) is 26.8 Å². The number of carbonyl (C=O) groups is 1. The quantitative estimate of drug-likeness (QED) is 0.716. The summed E-state index contributed by atoms with van der Waals surface area (Å²) in [5, 5.41) is 0. The standard InChI is InChI=1S/C14H20OS/c1-14(2,3)11-4-5-13-10(8-11)9-12(16-13)6-7-15/h7,9,11H,4-6,8H2,1-3H3. The van der Waals surface area contributed by atoms with Crippen LogP contribution in [0.4, 0.5) is 0 Å². The van der Waals surface area contributed by atoms with Crippen molar-refractivity contribution in [2.24, 2.45) is 11.3 Å². The Balaban J connectivity index is 2.17. The van der Waals surface area contributed by atoms with Crippen molar-refractivity contribution in [3.05, 3.63) is 21.4 Å². The van der Waals surface area contributed by atoms with Crippen LogP contribution in [0, 0.1) is 11.3 Å². The molecule has 0 amide bonds. The Labute approximate surface area is 102 Å². The molecule has 1 heterocycles. The summed E-state index contributed by atoms with van der Waals surface area (Å²) in [6, 6.07) is 2.26. The molecule has 0 saturated carbocycles. The van der Waals surface area contributed by atoms with Crippen molar-refractivity contribution in [3.8, 4) is 0 Å². The highest BCUT2D eigenvalue weighted by Crippen LogP contribution is 2.39. The molecule has 1 aliphatic carbocycles. The van der Waals surface area contributed by atoms with Crippen molar-refractivity contribution in [1.82, 2.24) is 0 Å². The minimum absolute atomic E-state index is 0.407. The summed E-state index contributed by atoms with van der Waals surface area (Å²) < 4.78 is 0. The van der Waals surface area contributed by atoms with E-state index >= 15 is 0 Å². The number of rotatable bonds is 2. The van der Waals surface area contributed by atoms with Gasteiger partial charge in [-0.15, -0.1) is 11.3 Å². The summed E-state index contributed by atoms with van der Waals surface area (Å²) in [6.45, 7) is 7.00. The largest absolute Gasteiger partial charge is 0.303 e. The zero-order valence-corrected chi connectivity index (χ0v) is 11.2. The third-order valence-electron chi connectivity index (χ3n) is 3.64. The Hall–Kier alpha value is -0.630. The molecule has 0 spiro atoms. The number of aryl methyl sites for hydroxylation is 1. The Morgan fingerprint density at radius 3 is 2.88 bits per heavy atom. The van der Waals surface area contributed by atoms with E-state index in [1.165, 1.54) is 34.6 Å². The van der Waals surface area contributed by atoms with Crippen LogP contribution in [0.25, 0.3) is 0 Å². The van der Waals surface area contributed by atoms with Gasteiger partial charge in [-0.25, -0.2) is 0 Å². The molecule has 1 aromatic heterocycles. The summed E-state index contributed by atoms with van der Waals surface area (Å²) in [7, 11) is 0. The van der Waals surface area contributed by atoms with E-state index in [-0.39, 0.29) is 0 Å². The van der Waals surface area contributed by atoms with E-state index in [0.29, 0.717) is 11.8 Å². The number of fused-ring (bicyclic) bond motifs is 1. The number of carbonyl (C=O) groups excluding carboxylic acids is 1. The molecule has 0 radical (unpaired) electrons. The average molecular weight is 236 g/mol. The number of thiophene rings is 1. The first-order valence-electron chi connectivity index (χ1n) is 6.05. The van der Waals surface area contributed by atoms with Crippen molar-refractivity contribution in [2.45, 2.75) is 46.5 Å². The lowest BCUT2D eigenvalue weighted by Crippen LogP contribution is -2.26. The Morgan fingerprint density at radius 1 is 1.50 bits per heavy atom. The van der Waals surface area contributed by atoms with Gasteiger partial charge in [-0.3, -0.25) is 0 Å². The fraction of sp³-hybridized carbons (Fsp3) is 0.643. The van der Waals surface area contributed by atoms with Gasteiger partial charge in [0.05, 0.1) is 0 Å². The second-order valence-corrected chi connectivity index (χ2v) is 7.06. The van der Waals surface area contributed by atoms with Gasteiger partial charge >= 0.3 is 0 Å². The van der Waals surface area contributed by atoms with Crippen molar-refractivity contribution >= 4 is 17.6 Å². The molecule has 1 aromatic rings. The van der Waals surface area contributed by atoms with Crippen LogP contribution in [0.15, 0.2) is 6.07 Å². The maximum atomic E-state index is 10.5. The normalized spacial score (nSPS) is 20.6. The summed E-state index contributed by atoms with van der Waals surface area (Å²) in [5.41, 5.74) is 1.91. The number of aldehydes is 1. The zero-order valence-electron chi connectivity index (χ0n) is 10.4. The molecule has 1 aliphatic rings. The zero-order chi connectivity index (χ0) is 11.8. The van der Waals surface area contributed by atoms with E-state index in [9.17, 15) is 4.79 Å². The molecule has 0 bridgehead atoms. The van der Waals surface area contributed by atoms with E-state index < -0.39 is 0 Å². The second-order valence-electron chi connectivity index (χ2n) is 5.84. The molecule has 2 heteroatoms. The van der Waals surface area contributed by atoms with Crippen LogP contribution in [0.3, 0.4) is 0 Å². The molecule has 0 aliphatic heterocycles. The van der Waals surface area contributed by atoms with Gasteiger partial charge < -0.3 is 4.79 Å². The van der Waals surface area contributed by atoms with Crippen LogP contribution in [0.1, 0.15) is 42.5 Å². The molecule has 0 saturated heterocycles. The van der Waals surface area contributed by atoms with Crippen LogP contribution in [0.2, 0.25) is 0 Å². The lowest BCUT2D eigenvalue weighted by molar-refractivity contribution is -0.107. The predicted molar refractivity (Wildman–Crippen MR) is 69.1 cm³/mol. The first kappa shape index (κ1) is 11.8. The fourth-order valence-corrected chi connectivity index (χ4v) is 3.67. The lowest BCUT2D eigenvalue weighted by atomic mass is 9.72. The summed E-state index contributed by atoms with van der Waals surface area (Å²) in [6.07, 6.45) is 5.32. The Kier molecular flexibility index (Phi) is 3.20. The second kappa shape index (κ2) is 4.33. The molecule has 1 nitrogen and oxygen atoms in total. The van der Waals surface area contributed by atoms with E-state index in [1.54, 1.807) is 0 Å². The highest BCUT2D eigenvalue weighted by molar-refractivity contribution is 7.12. The van der Waals surface area contributed by atoms with Crippen LogP contribution in [-0.2, 0) is 24.1 Å². The van der Waals surface area contributed by atoms with Crippen LogP contribution >= 0.6 is 11.3 Å². The van der Waals surface area contributed by atoms with Gasteiger partial charge in [-0.2, -0.15) is 0 Å². The van der Waals surface area contributed by atoms with Gasteiger partial charge in [0.25, 0.3) is 0 Å². The topological polar surface area (TPSA) is 17.1 Å². The summed E-state index contributed by atoms with van der Waals surface area (Å²) in [5.74, 6) is 0.790. The Morgan fingerprint density at radius 2 is 2.25 bits per heavy atom. The summed E-state index contributed by atoms with van der Waals surface area (Å²) >= 11 is 1.84. The monoisotopic (exact) mass is 236 g/mol. The van der Waals surface area contributed by atoms with Crippen molar-refractivity contribution < 1.29 is 4.79 Å². The molecular formula is C14H20OS. The van der Waals surface area contributed by atoms with Gasteiger partial charge in [0.2, 0.25) is 0 Å². The molecule has 1 unspecified atom stereocenters. The van der Waals surface area contributed by atoms with Crippen LogP contribution < -0.4 is 0 Å². The third kappa shape index (κ3) is 2.37. The maximum absolute atomic E-state index is 10.5. The Bertz CT molecular complexity index is 384. The van der Waals surface area contributed by atoms with Crippen LogP contribution in [-0.4, -0.2) is 6.29 Å². The van der Waals surface area contributed by atoms with E-state index in [0.717, 1.165) is 12.2 Å². The molecule has 0 aromatic carbocycles. The van der Waals surface area contributed by atoms with Crippen LogP contribution in [0.5, 0.6) is 0 Å². The SMILES string of the molecule is CC(C)(C)C1CCc2sc(CC=O)cc2C1. The van der Waals surface area contributed by atoms with Crippen molar-refractivity contribution in [2.75, 3.05) is 0 Å². The number of hydrogen-bond donors (Lipinski definition) is 0. The molecular weight excluding hydrogens is 216 g/mol. The third-order valence-corrected chi connectivity index (χ3v) is 4.90. The lowest BCUT2D eigenvalue weighted by Gasteiger charge is -2.33. The van der Waals surface area contributed by atoms with Crippen molar-refractivity contribution in [1.29, 1.82) is 0 Å². The van der Waals surface area contributed by atoms with Crippen molar-refractivity contribution in [3.63, 3.8) is 0 Å². The summed E-state index contributed by atoms with van der Waals surface area (Å²) in [4.78, 5) is 13.3.